The summed E-state index contributed by atoms with van der Waals surface area (Å²) in [5, 5.41) is 1.08. The van der Waals surface area contributed by atoms with Gasteiger partial charge in [0, 0.05) is 15.5 Å². The van der Waals surface area contributed by atoms with Gasteiger partial charge in [0.05, 0.1) is 0 Å². The van der Waals surface area contributed by atoms with E-state index >= 15 is 0 Å². The van der Waals surface area contributed by atoms with Crippen LogP contribution in [0.5, 0.6) is 0 Å². The topological polar surface area (TPSA) is 92.9 Å². The van der Waals surface area contributed by atoms with E-state index in [1.165, 1.54) is 23.7 Å². The maximum atomic E-state index is 12.2. The quantitative estimate of drug-likeness (QED) is 0.455. The average molecular weight is 386 g/mol. The van der Waals surface area contributed by atoms with Crippen molar-refractivity contribution in [3.05, 3.63) is 71.0 Å². The molecule has 132 valence electrons. The number of benzene rings is 2. The average Bonchev–Trinajstić information content (AvgIpc) is 2.64. The summed E-state index contributed by atoms with van der Waals surface area (Å²) in [6, 6.07) is 14.7. The largest absolute Gasteiger partial charge is 0.393 e. The fourth-order valence-corrected chi connectivity index (χ4v) is 3.09. The number of nitrogens with one attached hydrogen (secondary N) is 2. The zero-order valence-electron chi connectivity index (χ0n) is 13.9. The van der Waals surface area contributed by atoms with Gasteiger partial charge in [0.2, 0.25) is 0 Å². The molecule has 8 heteroatoms. The molecule has 2 aromatic carbocycles. The van der Waals surface area contributed by atoms with Crippen LogP contribution in [0, 0.1) is 6.92 Å². The summed E-state index contributed by atoms with van der Waals surface area (Å²) in [5.74, 6) is -0.0248. The summed E-state index contributed by atoms with van der Waals surface area (Å²) < 4.78 is 0. The molecule has 0 atom stereocenters. The first-order chi connectivity index (χ1) is 12.5. The fourth-order valence-electron chi connectivity index (χ4n) is 2.10. The number of anilines is 2. The van der Waals surface area contributed by atoms with Crippen molar-refractivity contribution in [3.63, 3.8) is 0 Å². The number of hydrogen-bond donors (Lipinski definition) is 3. The van der Waals surface area contributed by atoms with Crippen LogP contribution in [0.4, 0.5) is 11.5 Å². The Balaban J connectivity index is 1.70. The van der Waals surface area contributed by atoms with Gasteiger partial charge in [0.15, 0.2) is 5.82 Å². The number of nitrogens with zero attached hydrogens (tertiary/aromatic N) is 2. The van der Waals surface area contributed by atoms with Gasteiger partial charge in [-0.3, -0.25) is 15.6 Å². The molecule has 1 aromatic heterocycles. The molecule has 0 fully saturated rings. The van der Waals surface area contributed by atoms with Gasteiger partial charge < -0.3 is 5.73 Å². The molecule has 1 amide bonds. The molecule has 3 rings (SSSR count). The van der Waals surface area contributed by atoms with Crippen molar-refractivity contribution in [1.82, 2.24) is 15.4 Å². The van der Waals surface area contributed by atoms with Crippen LogP contribution >= 0.6 is 23.4 Å². The summed E-state index contributed by atoms with van der Waals surface area (Å²) in [4.78, 5) is 21.5. The van der Waals surface area contributed by atoms with Gasteiger partial charge in [-0.2, -0.15) is 0 Å². The smallest absolute Gasteiger partial charge is 0.269 e. The standard InChI is InChI=1S/C18H16ClN5OS/c1-11-5-7-14(8-6-11)26-18-15(20)16(21-10-22-18)23-24-17(25)12-3-2-4-13(19)9-12/h2-10H,20H2,1H3,(H,24,25)(H,21,22,23). The van der Waals surface area contributed by atoms with E-state index in [1.807, 2.05) is 31.2 Å². The van der Waals surface area contributed by atoms with Crippen LogP contribution in [-0.2, 0) is 0 Å². The molecule has 6 nitrogen and oxygen atoms in total. The number of amides is 1. The molecule has 0 radical (unpaired) electrons. The second-order valence-corrected chi connectivity index (χ2v) is 6.94. The first-order valence-electron chi connectivity index (χ1n) is 7.70. The maximum absolute atomic E-state index is 12.2. The highest BCUT2D eigenvalue weighted by Crippen LogP contribution is 2.32. The van der Waals surface area contributed by atoms with E-state index < -0.39 is 0 Å². The normalized spacial score (nSPS) is 10.4. The molecule has 3 aromatic rings. The molecule has 0 aliphatic heterocycles. The number of rotatable bonds is 5. The Labute approximate surface area is 160 Å². The molecule has 0 spiro atoms. The van der Waals surface area contributed by atoms with Crippen LogP contribution in [0.2, 0.25) is 5.02 Å². The van der Waals surface area contributed by atoms with E-state index in [0.29, 0.717) is 27.1 Å². The highest BCUT2D eigenvalue weighted by atomic mass is 35.5. The summed E-state index contributed by atoms with van der Waals surface area (Å²) in [5.41, 5.74) is 13.4. The van der Waals surface area contributed by atoms with Crippen LogP contribution in [-0.4, -0.2) is 15.9 Å². The summed E-state index contributed by atoms with van der Waals surface area (Å²) in [6.45, 7) is 2.03. The fraction of sp³-hybridized carbons (Fsp3) is 0.0556. The second-order valence-electron chi connectivity index (χ2n) is 5.45. The number of hydrazine groups is 1. The first-order valence-corrected chi connectivity index (χ1v) is 8.89. The van der Waals surface area contributed by atoms with Gasteiger partial charge in [-0.15, -0.1) is 0 Å². The van der Waals surface area contributed by atoms with E-state index in [2.05, 4.69) is 20.8 Å². The minimum atomic E-state index is -0.349. The van der Waals surface area contributed by atoms with Crippen molar-refractivity contribution in [2.24, 2.45) is 0 Å². The first kappa shape index (κ1) is 18.0. The maximum Gasteiger partial charge on any atom is 0.269 e. The minimum Gasteiger partial charge on any atom is -0.393 e. The Kier molecular flexibility index (Phi) is 5.60. The Bertz CT molecular complexity index is 933. The third-order valence-electron chi connectivity index (χ3n) is 3.46. The van der Waals surface area contributed by atoms with E-state index in [1.54, 1.807) is 24.3 Å². The van der Waals surface area contributed by atoms with E-state index in [-0.39, 0.29) is 5.91 Å². The summed E-state index contributed by atoms with van der Waals surface area (Å²) >= 11 is 7.32. The molecule has 0 bridgehead atoms. The van der Waals surface area contributed by atoms with Crippen LogP contribution in [0.15, 0.2) is 64.8 Å². The number of aromatic nitrogens is 2. The van der Waals surface area contributed by atoms with Crippen LogP contribution in [0.1, 0.15) is 15.9 Å². The SMILES string of the molecule is Cc1ccc(Sc2ncnc(NNC(=O)c3cccc(Cl)c3)c2N)cc1. The van der Waals surface area contributed by atoms with Gasteiger partial charge in [-0.1, -0.05) is 47.1 Å². The monoisotopic (exact) mass is 385 g/mol. The molecule has 0 saturated heterocycles. The number of carbonyl (C=O) groups is 1. The van der Waals surface area contributed by atoms with E-state index in [9.17, 15) is 4.79 Å². The van der Waals surface area contributed by atoms with Gasteiger partial charge in [-0.25, -0.2) is 9.97 Å². The number of nitrogens with two attached hydrogens (primary N) is 1. The van der Waals surface area contributed by atoms with Gasteiger partial charge in [0.1, 0.15) is 17.0 Å². The zero-order chi connectivity index (χ0) is 18.5. The Morgan fingerprint density at radius 3 is 2.65 bits per heavy atom. The number of hydrogen-bond acceptors (Lipinski definition) is 6. The minimum absolute atomic E-state index is 0.324. The van der Waals surface area contributed by atoms with Gasteiger partial charge in [0.25, 0.3) is 5.91 Å². The number of halogens is 1. The Morgan fingerprint density at radius 1 is 1.15 bits per heavy atom. The van der Waals surface area contributed by atoms with Gasteiger partial charge >= 0.3 is 0 Å². The molecule has 0 saturated carbocycles. The molecular formula is C18H16ClN5OS. The third-order valence-corrected chi connectivity index (χ3v) is 4.73. The summed E-state index contributed by atoms with van der Waals surface area (Å²) in [7, 11) is 0. The lowest BCUT2D eigenvalue weighted by molar-refractivity contribution is 0.0962. The van der Waals surface area contributed by atoms with Crippen molar-refractivity contribution in [2.45, 2.75) is 16.8 Å². The zero-order valence-corrected chi connectivity index (χ0v) is 15.4. The highest BCUT2D eigenvalue weighted by Gasteiger charge is 2.11. The lowest BCUT2D eigenvalue weighted by atomic mass is 10.2. The molecule has 26 heavy (non-hydrogen) atoms. The van der Waals surface area contributed by atoms with Gasteiger partial charge in [-0.05, 0) is 37.3 Å². The number of carbonyl (C=O) groups excluding carboxylic acids is 1. The van der Waals surface area contributed by atoms with Crippen LogP contribution in [0.3, 0.4) is 0 Å². The second kappa shape index (κ2) is 8.07. The number of nitrogen functional groups attached to an aromatic ring is 1. The lowest BCUT2D eigenvalue weighted by Crippen LogP contribution is -2.30. The van der Waals surface area contributed by atoms with Crippen molar-refractivity contribution in [3.8, 4) is 0 Å². The van der Waals surface area contributed by atoms with Crippen molar-refractivity contribution < 1.29 is 4.79 Å². The highest BCUT2D eigenvalue weighted by molar-refractivity contribution is 7.99. The third kappa shape index (κ3) is 4.44. The van der Waals surface area contributed by atoms with Crippen molar-refractivity contribution >= 4 is 40.8 Å². The predicted octanol–water partition coefficient (Wildman–Crippen LogP) is 3.93. The molecule has 4 N–H and O–H groups in total. The molecule has 1 heterocycles. The molecule has 0 aliphatic rings. The van der Waals surface area contributed by atoms with Crippen molar-refractivity contribution in [2.75, 3.05) is 11.2 Å². The van der Waals surface area contributed by atoms with Crippen molar-refractivity contribution in [1.29, 1.82) is 0 Å². The lowest BCUT2D eigenvalue weighted by Gasteiger charge is -2.12. The molecule has 0 aliphatic carbocycles. The summed E-state index contributed by atoms with van der Waals surface area (Å²) in [6.07, 6.45) is 1.39. The Morgan fingerprint density at radius 2 is 1.92 bits per heavy atom. The Hall–Kier alpha value is -2.77. The van der Waals surface area contributed by atoms with Crippen LogP contribution < -0.4 is 16.6 Å². The molecular weight excluding hydrogens is 370 g/mol. The predicted molar refractivity (Wildman–Crippen MR) is 104 cm³/mol. The van der Waals surface area contributed by atoms with Crippen LogP contribution in [0.25, 0.3) is 0 Å². The number of aryl methyl sites for hydroxylation is 1. The van der Waals surface area contributed by atoms with E-state index in [4.69, 9.17) is 17.3 Å². The molecule has 0 unspecified atom stereocenters. The van der Waals surface area contributed by atoms with E-state index in [0.717, 1.165) is 4.90 Å².